The van der Waals surface area contributed by atoms with Crippen molar-refractivity contribution in [1.29, 1.82) is 0 Å². The average molecular weight is 266 g/mol. The molecule has 4 nitrogen and oxygen atoms in total. The van der Waals surface area contributed by atoms with Gasteiger partial charge in [0, 0.05) is 13.1 Å². The molecule has 5 heteroatoms. The zero-order chi connectivity index (χ0) is 13.0. The first-order valence-corrected chi connectivity index (χ1v) is 6.38. The molecule has 1 aromatic carbocycles. The van der Waals surface area contributed by atoms with Gasteiger partial charge in [-0.05, 0) is 17.7 Å². The molecule has 1 saturated heterocycles. The fourth-order valence-electron chi connectivity index (χ4n) is 2.18. The van der Waals surface area contributed by atoms with Crippen molar-refractivity contribution in [2.75, 3.05) is 33.4 Å². The lowest BCUT2D eigenvalue weighted by molar-refractivity contribution is 0.0289. The number of morpholine rings is 1. The first kappa shape index (κ1) is 13.3. The van der Waals surface area contributed by atoms with Gasteiger partial charge in [0.15, 0.2) is 0 Å². The van der Waals surface area contributed by atoms with E-state index in [1.165, 1.54) is 0 Å². The van der Waals surface area contributed by atoms with E-state index in [4.69, 9.17) is 27.4 Å². The van der Waals surface area contributed by atoms with Crippen molar-refractivity contribution in [3.8, 4) is 5.75 Å². The zero-order valence-corrected chi connectivity index (χ0v) is 11.3. The van der Waals surface area contributed by atoms with Gasteiger partial charge in [-0.15, -0.1) is 0 Å². The van der Waals surface area contributed by atoms with Gasteiger partial charge in [0.1, 0.15) is 5.75 Å². The van der Waals surface area contributed by atoms with Crippen LogP contribution in [0.5, 0.6) is 5.75 Å². The SMILES string of the molecule is COc1ccc(C(C(N)=S)N2CCOCC2)cc1. The highest BCUT2D eigenvalue weighted by atomic mass is 32.1. The normalized spacial score (nSPS) is 18.3. The van der Waals surface area contributed by atoms with E-state index >= 15 is 0 Å². The Labute approximate surface area is 113 Å². The molecule has 1 aromatic rings. The fraction of sp³-hybridized carbons (Fsp3) is 0.462. The van der Waals surface area contributed by atoms with Crippen LogP contribution in [0.2, 0.25) is 0 Å². The first-order valence-electron chi connectivity index (χ1n) is 5.97. The minimum absolute atomic E-state index is 0.0187. The zero-order valence-electron chi connectivity index (χ0n) is 10.5. The van der Waals surface area contributed by atoms with E-state index in [9.17, 15) is 0 Å². The lowest BCUT2D eigenvalue weighted by atomic mass is 10.0. The summed E-state index contributed by atoms with van der Waals surface area (Å²) in [7, 11) is 1.65. The van der Waals surface area contributed by atoms with Crippen molar-refractivity contribution < 1.29 is 9.47 Å². The Morgan fingerprint density at radius 2 is 1.94 bits per heavy atom. The highest BCUT2D eigenvalue weighted by Crippen LogP contribution is 2.24. The van der Waals surface area contributed by atoms with Crippen molar-refractivity contribution >= 4 is 17.2 Å². The van der Waals surface area contributed by atoms with Gasteiger partial charge in [0.25, 0.3) is 0 Å². The second-order valence-corrected chi connectivity index (χ2v) is 4.70. The molecule has 1 fully saturated rings. The van der Waals surface area contributed by atoms with Gasteiger partial charge < -0.3 is 15.2 Å². The highest BCUT2D eigenvalue weighted by molar-refractivity contribution is 7.80. The molecule has 0 saturated carbocycles. The van der Waals surface area contributed by atoms with Gasteiger partial charge >= 0.3 is 0 Å². The van der Waals surface area contributed by atoms with Gasteiger partial charge in [0.05, 0.1) is 31.4 Å². The second-order valence-electron chi connectivity index (χ2n) is 4.23. The maximum absolute atomic E-state index is 5.89. The molecule has 1 atom stereocenters. The summed E-state index contributed by atoms with van der Waals surface area (Å²) >= 11 is 5.21. The molecule has 1 aliphatic heterocycles. The van der Waals surface area contributed by atoms with Crippen LogP contribution < -0.4 is 10.5 Å². The van der Waals surface area contributed by atoms with E-state index in [0.29, 0.717) is 4.99 Å². The van der Waals surface area contributed by atoms with E-state index in [-0.39, 0.29) is 6.04 Å². The fourth-order valence-corrected chi connectivity index (χ4v) is 2.46. The number of ether oxygens (including phenoxy) is 2. The van der Waals surface area contributed by atoms with Crippen LogP contribution in [0.3, 0.4) is 0 Å². The summed E-state index contributed by atoms with van der Waals surface area (Å²) in [5.74, 6) is 0.836. The van der Waals surface area contributed by atoms with Crippen LogP contribution in [0.15, 0.2) is 24.3 Å². The molecule has 0 aromatic heterocycles. The van der Waals surface area contributed by atoms with Crippen molar-refractivity contribution in [3.05, 3.63) is 29.8 Å². The number of thiocarbonyl (C=S) groups is 1. The summed E-state index contributed by atoms with van der Waals surface area (Å²) in [4.78, 5) is 2.76. The molecular formula is C13H18N2O2S. The summed E-state index contributed by atoms with van der Waals surface area (Å²) in [6, 6.07) is 7.87. The quantitative estimate of drug-likeness (QED) is 0.834. The van der Waals surface area contributed by atoms with Gasteiger partial charge in [-0.3, -0.25) is 4.90 Å². The number of hydrogen-bond donors (Lipinski definition) is 1. The Balaban J connectivity index is 2.20. The summed E-state index contributed by atoms with van der Waals surface area (Å²) in [6.45, 7) is 3.17. The number of nitrogens with two attached hydrogens (primary N) is 1. The monoisotopic (exact) mass is 266 g/mol. The lowest BCUT2D eigenvalue weighted by Crippen LogP contribution is -2.43. The van der Waals surface area contributed by atoms with Crippen LogP contribution in [-0.4, -0.2) is 43.3 Å². The molecule has 18 heavy (non-hydrogen) atoms. The van der Waals surface area contributed by atoms with Crippen LogP contribution in [0.25, 0.3) is 0 Å². The molecule has 1 aliphatic rings. The molecule has 2 N–H and O–H groups in total. The average Bonchev–Trinajstić information content (AvgIpc) is 2.40. The number of nitrogens with zero attached hydrogens (tertiary/aromatic N) is 1. The molecular weight excluding hydrogens is 248 g/mol. The topological polar surface area (TPSA) is 47.7 Å². The van der Waals surface area contributed by atoms with Crippen molar-refractivity contribution in [1.82, 2.24) is 4.90 Å². The first-order chi connectivity index (χ1) is 8.72. The van der Waals surface area contributed by atoms with Crippen LogP contribution in [0, 0.1) is 0 Å². The molecule has 0 radical (unpaired) electrons. The Hall–Kier alpha value is -1.17. The third-order valence-corrected chi connectivity index (χ3v) is 3.34. The highest BCUT2D eigenvalue weighted by Gasteiger charge is 2.24. The van der Waals surface area contributed by atoms with Crippen LogP contribution in [0.4, 0.5) is 0 Å². The molecule has 98 valence electrons. The van der Waals surface area contributed by atoms with Crippen LogP contribution in [-0.2, 0) is 4.74 Å². The van der Waals surface area contributed by atoms with Crippen molar-refractivity contribution in [3.63, 3.8) is 0 Å². The minimum atomic E-state index is -0.0187. The standard InChI is InChI=1S/C13H18N2O2S/c1-16-11-4-2-10(3-5-11)12(13(14)18)15-6-8-17-9-7-15/h2-5,12H,6-9H2,1H3,(H2,14,18). The van der Waals surface area contributed by atoms with E-state index < -0.39 is 0 Å². The Morgan fingerprint density at radius 1 is 1.33 bits per heavy atom. The van der Waals surface area contributed by atoms with Crippen molar-refractivity contribution in [2.45, 2.75) is 6.04 Å². The molecule has 0 aliphatic carbocycles. The number of hydrogen-bond acceptors (Lipinski definition) is 4. The maximum Gasteiger partial charge on any atom is 0.118 e. The molecule has 2 rings (SSSR count). The molecule has 0 amide bonds. The van der Waals surface area contributed by atoms with E-state index in [0.717, 1.165) is 37.6 Å². The van der Waals surface area contributed by atoms with Gasteiger partial charge in [0.2, 0.25) is 0 Å². The Kier molecular flexibility index (Phi) is 4.52. The Bertz CT molecular complexity index is 402. The molecule has 1 unspecified atom stereocenters. The van der Waals surface area contributed by atoms with E-state index in [1.54, 1.807) is 7.11 Å². The summed E-state index contributed by atoms with van der Waals surface area (Å²) < 4.78 is 10.5. The smallest absolute Gasteiger partial charge is 0.118 e. The van der Waals surface area contributed by atoms with E-state index in [1.807, 2.05) is 24.3 Å². The summed E-state index contributed by atoms with van der Waals surface area (Å²) in [5.41, 5.74) is 6.99. The largest absolute Gasteiger partial charge is 0.497 e. The van der Waals surface area contributed by atoms with E-state index in [2.05, 4.69) is 4.90 Å². The minimum Gasteiger partial charge on any atom is -0.497 e. The molecule has 0 bridgehead atoms. The third kappa shape index (κ3) is 2.98. The van der Waals surface area contributed by atoms with Crippen molar-refractivity contribution in [2.24, 2.45) is 5.73 Å². The third-order valence-electron chi connectivity index (χ3n) is 3.11. The lowest BCUT2D eigenvalue weighted by Gasteiger charge is -2.34. The predicted molar refractivity (Wildman–Crippen MR) is 74.9 cm³/mol. The number of methoxy groups -OCH3 is 1. The van der Waals surface area contributed by atoms with Crippen LogP contribution >= 0.6 is 12.2 Å². The predicted octanol–water partition coefficient (Wildman–Crippen LogP) is 1.35. The summed E-state index contributed by atoms with van der Waals surface area (Å²) in [6.07, 6.45) is 0. The van der Waals surface area contributed by atoms with Gasteiger partial charge in [-0.2, -0.15) is 0 Å². The summed E-state index contributed by atoms with van der Waals surface area (Å²) in [5, 5.41) is 0. The number of rotatable bonds is 4. The number of benzene rings is 1. The van der Waals surface area contributed by atoms with Gasteiger partial charge in [-0.1, -0.05) is 24.4 Å². The van der Waals surface area contributed by atoms with Crippen LogP contribution in [0.1, 0.15) is 11.6 Å². The molecule has 0 spiro atoms. The van der Waals surface area contributed by atoms with Gasteiger partial charge in [-0.25, -0.2) is 0 Å². The Morgan fingerprint density at radius 3 is 2.44 bits per heavy atom. The second kappa shape index (κ2) is 6.13. The maximum atomic E-state index is 5.89. The molecule has 1 heterocycles.